The van der Waals surface area contributed by atoms with Gasteiger partial charge >= 0.3 is 0 Å². The summed E-state index contributed by atoms with van der Waals surface area (Å²) in [5, 5.41) is 10.2. The van der Waals surface area contributed by atoms with Crippen molar-refractivity contribution in [1.29, 1.82) is 0 Å². The first-order chi connectivity index (χ1) is 15.1. The second-order valence-electron chi connectivity index (χ2n) is 7.77. The van der Waals surface area contributed by atoms with Crippen LogP contribution < -0.4 is 21.7 Å². The summed E-state index contributed by atoms with van der Waals surface area (Å²) in [5.74, 6) is -0.273. The maximum atomic E-state index is 13.0. The molecule has 0 spiro atoms. The number of nitrogens with two attached hydrogens (primary N) is 1. The molecule has 162 valence electrons. The van der Waals surface area contributed by atoms with E-state index in [2.05, 4.69) is 34.1 Å². The molecular weight excluding hydrogens is 410 g/mol. The van der Waals surface area contributed by atoms with Gasteiger partial charge in [0, 0.05) is 12.6 Å². The minimum atomic E-state index is -0.350. The topological polar surface area (TPSA) is 109 Å². The summed E-state index contributed by atoms with van der Waals surface area (Å²) in [7, 11) is 0. The Kier molecular flexibility index (Phi) is 6.91. The molecule has 1 fully saturated rings. The number of thiazole rings is 1. The molecule has 2 aromatic carbocycles. The van der Waals surface area contributed by atoms with Crippen LogP contribution in [0.15, 0.2) is 54.6 Å². The summed E-state index contributed by atoms with van der Waals surface area (Å²) in [6.07, 6.45) is 2.15. The van der Waals surface area contributed by atoms with Gasteiger partial charge in [0.2, 0.25) is 11.8 Å². The van der Waals surface area contributed by atoms with Crippen molar-refractivity contribution in [3.63, 3.8) is 0 Å². The van der Waals surface area contributed by atoms with Crippen molar-refractivity contribution in [3.05, 3.63) is 65.2 Å². The van der Waals surface area contributed by atoms with E-state index in [1.807, 2.05) is 36.4 Å². The lowest BCUT2D eigenvalue weighted by Gasteiger charge is -2.19. The Balaban J connectivity index is 1.46. The highest BCUT2D eigenvalue weighted by Gasteiger charge is 2.31. The highest BCUT2D eigenvalue weighted by molar-refractivity contribution is 7.18. The fraction of sp³-hybridized carbons (Fsp3) is 0.348. The Morgan fingerprint density at radius 3 is 2.71 bits per heavy atom. The Morgan fingerprint density at radius 2 is 1.94 bits per heavy atom. The Hall–Kier alpha value is -2.81. The van der Waals surface area contributed by atoms with Gasteiger partial charge < -0.3 is 21.7 Å². The van der Waals surface area contributed by atoms with Gasteiger partial charge in [-0.25, -0.2) is 4.98 Å². The van der Waals surface area contributed by atoms with Crippen molar-refractivity contribution in [2.75, 3.05) is 13.1 Å². The van der Waals surface area contributed by atoms with Gasteiger partial charge in [0.05, 0.1) is 28.8 Å². The number of aryl methyl sites for hydroxylation is 1. The minimum absolute atomic E-state index is 0.0491. The van der Waals surface area contributed by atoms with Gasteiger partial charge in [-0.15, -0.1) is 11.3 Å². The van der Waals surface area contributed by atoms with Crippen LogP contribution >= 0.6 is 11.3 Å². The zero-order valence-corrected chi connectivity index (χ0v) is 18.0. The zero-order chi connectivity index (χ0) is 21.6. The van der Waals surface area contributed by atoms with E-state index in [1.54, 1.807) is 11.3 Å². The maximum absolute atomic E-state index is 13.0. The lowest BCUT2D eigenvalue weighted by atomic mass is 10.0. The van der Waals surface area contributed by atoms with E-state index in [0.717, 1.165) is 28.1 Å². The first-order valence-corrected chi connectivity index (χ1v) is 11.4. The second kappa shape index (κ2) is 10.00. The zero-order valence-electron chi connectivity index (χ0n) is 17.2. The molecule has 3 atom stereocenters. The molecule has 1 aliphatic rings. The van der Waals surface area contributed by atoms with Crippen LogP contribution in [0.5, 0.6) is 0 Å². The van der Waals surface area contributed by atoms with Crippen molar-refractivity contribution < 1.29 is 9.59 Å². The van der Waals surface area contributed by atoms with Crippen LogP contribution in [0.2, 0.25) is 0 Å². The summed E-state index contributed by atoms with van der Waals surface area (Å²) < 4.78 is 1.11. The van der Waals surface area contributed by atoms with Gasteiger partial charge in [-0.2, -0.15) is 0 Å². The van der Waals surface area contributed by atoms with E-state index in [0.29, 0.717) is 13.0 Å². The quantitative estimate of drug-likeness (QED) is 0.430. The molecular formula is C23H27N5O2S. The lowest BCUT2D eigenvalue weighted by molar-refractivity contribution is -0.124. The van der Waals surface area contributed by atoms with Gasteiger partial charge in [0.1, 0.15) is 5.01 Å². The van der Waals surface area contributed by atoms with Crippen molar-refractivity contribution >= 4 is 33.4 Å². The summed E-state index contributed by atoms with van der Waals surface area (Å²) in [6.45, 7) is 0.506. The molecule has 0 aliphatic carbocycles. The third-order valence-electron chi connectivity index (χ3n) is 5.49. The molecule has 0 bridgehead atoms. The maximum Gasteiger partial charge on any atom is 0.237 e. The minimum Gasteiger partial charge on any atom is -0.351 e. The summed E-state index contributed by atoms with van der Waals surface area (Å²) in [6, 6.07) is 17.7. The molecule has 2 amide bonds. The SMILES string of the molecule is NCC(=O)NC1CNC(C(=O)N[C@H](CCc2ccccc2)c2nc3ccccc3s2)C1. The molecule has 7 nitrogen and oxygen atoms in total. The summed E-state index contributed by atoms with van der Waals surface area (Å²) >= 11 is 1.62. The number of nitrogens with one attached hydrogen (secondary N) is 3. The second-order valence-corrected chi connectivity index (χ2v) is 8.83. The van der Waals surface area contributed by atoms with Crippen LogP contribution in [0.4, 0.5) is 0 Å². The van der Waals surface area contributed by atoms with Gasteiger partial charge in [-0.1, -0.05) is 42.5 Å². The molecule has 0 radical (unpaired) electrons. The van der Waals surface area contributed by atoms with E-state index in [-0.39, 0.29) is 36.5 Å². The molecule has 2 unspecified atom stereocenters. The molecule has 3 aromatic rings. The van der Waals surface area contributed by atoms with Gasteiger partial charge in [-0.3, -0.25) is 9.59 Å². The number of amides is 2. The number of carbonyl (C=O) groups is 2. The van der Waals surface area contributed by atoms with Crippen LogP contribution in [-0.4, -0.2) is 42.0 Å². The third-order valence-corrected chi connectivity index (χ3v) is 6.64. The smallest absolute Gasteiger partial charge is 0.237 e. The van der Waals surface area contributed by atoms with Crippen LogP contribution in [0.25, 0.3) is 10.2 Å². The molecule has 2 heterocycles. The van der Waals surface area contributed by atoms with Crippen molar-refractivity contribution in [2.45, 2.75) is 37.4 Å². The molecule has 31 heavy (non-hydrogen) atoms. The van der Waals surface area contributed by atoms with Gasteiger partial charge in [0.15, 0.2) is 0 Å². The van der Waals surface area contributed by atoms with Crippen LogP contribution in [-0.2, 0) is 16.0 Å². The summed E-state index contributed by atoms with van der Waals surface area (Å²) in [4.78, 5) is 29.3. The number of hydrogen-bond donors (Lipinski definition) is 4. The van der Waals surface area contributed by atoms with Crippen molar-refractivity contribution in [3.8, 4) is 0 Å². The fourth-order valence-electron chi connectivity index (χ4n) is 3.86. The number of carbonyl (C=O) groups excluding carboxylic acids is 2. The van der Waals surface area contributed by atoms with Crippen molar-refractivity contribution in [2.24, 2.45) is 5.73 Å². The number of benzene rings is 2. The predicted molar refractivity (Wildman–Crippen MR) is 123 cm³/mol. The molecule has 1 saturated heterocycles. The highest BCUT2D eigenvalue weighted by atomic mass is 32.1. The normalized spacial score (nSPS) is 19.3. The van der Waals surface area contributed by atoms with Crippen molar-refractivity contribution in [1.82, 2.24) is 20.9 Å². The third kappa shape index (κ3) is 5.46. The molecule has 1 aliphatic heterocycles. The lowest BCUT2D eigenvalue weighted by Crippen LogP contribution is -2.42. The van der Waals surface area contributed by atoms with Crippen LogP contribution in [0.1, 0.15) is 29.5 Å². The van der Waals surface area contributed by atoms with Crippen LogP contribution in [0, 0.1) is 0 Å². The largest absolute Gasteiger partial charge is 0.351 e. The molecule has 5 N–H and O–H groups in total. The first-order valence-electron chi connectivity index (χ1n) is 10.5. The van der Waals surface area contributed by atoms with E-state index in [4.69, 9.17) is 10.7 Å². The average molecular weight is 438 g/mol. The number of hydrogen-bond acceptors (Lipinski definition) is 6. The predicted octanol–water partition coefficient (Wildman–Crippen LogP) is 1.89. The Morgan fingerprint density at radius 1 is 1.16 bits per heavy atom. The molecule has 8 heteroatoms. The van der Waals surface area contributed by atoms with E-state index in [9.17, 15) is 9.59 Å². The molecule has 1 aromatic heterocycles. The highest BCUT2D eigenvalue weighted by Crippen LogP contribution is 2.29. The number of fused-ring (bicyclic) bond motifs is 1. The monoisotopic (exact) mass is 437 g/mol. The van der Waals surface area contributed by atoms with Crippen LogP contribution in [0.3, 0.4) is 0 Å². The molecule has 0 saturated carbocycles. The van der Waals surface area contributed by atoms with E-state index >= 15 is 0 Å². The number of para-hydroxylation sites is 1. The Bertz CT molecular complexity index is 1010. The summed E-state index contributed by atoms with van der Waals surface area (Å²) in [5.41, 5.74) is 7.55. The average Bonchev–Trinajstić information content (AvgIpc) is 3.44. The standard InChI is InChI=1S/C23H27N5O2S/c24-13-21(29)26-16-12-19(25-14-16)22(30)27-18(11-10-15-6-2-1-3-7-15)23-28-17-8-4-5-9-20(17)31-23/h1-9,16,18-19,25H,10-14,24H2,(H,26,29)(H,27,30)/t16?,18-,19?/m1/s1. The number of rotatable bonds is 8. The first kappa shape index (κ1) is 21.4. The number of aromatic nitrogens is 1. The fourth-order valence-corrected chi connectivity index (χ4v) is 4.91. The van der Waals surface area contributed by atoms with E-state index in [1.165, 1.54) is 5.56 Å². The van der Waals surface area contributed by atoms with Gasteiger partial charge in [0.25, 0.3) is 0 Å². The Labute approximate surface area is 185 Å². The number of nitrogens with zero attached hydrogens (tertiary/aromatic N) is 1. The molecule has 4 rings (SSSR count). The van der Waals surface area contributed by atoms with E-state index < -0.39 is 0 Å². The van der Waals surface area contributed by atoms with Gasteiger partial charge in [-0.05, 0) is 37.0 Å².